The summed E-state index contributed by atoms with van der Waals surface area (Å²) < 4.78 is 0.829. The van der Waals surface area contributed by atoms with Crippen LogP contribution in [0.15, 0.2) is 17.0 Å². The quantitative estimate of drug-likeness (QED) is 0.744. The topological polar surface area (TPSA) is 29.0 Å². The van der Waals surface area contributed by atoms with Crippen molar-refractivity contribution in [2.75, 3.05) is 18.5 Å². The molecule has 0 aliphatic rings. The first-order valence-electron chi connectivity index (χ1n) is 3.92. The van der Waals surface area contributed by atoms with Crippen molar-refractivity contribution in [1.29, 1.82) is 0 Å². The predicted octanol–water partition coefficient (Wildman–Crippen LogP) is 2.09. The summed E-state index contributed by atoms with van der Waals surface area (Å²) in [7, 11) is 2.03. The van der Waals surface area contributed by atoms with E-state index in [1.54, 1.807) is 6.33 Å². The Balaban J connectivity index is 2.73. The lowest BCUT2D eigenvalue weighted by Crippen LogP contribution is -2.18. The van der Waals surface area contributed by atoms with Gasteiger partial charge in [0.05, 0.1) is 0 Å². The number of nitrogens with zero attached hydrogens (tertiary/aromatic N) is 3. The van der Waals surface area contributed by atoms with Gasteiger partial charge in [-0.3, -0.25) is 0 Å². The maximum absolute atomic E-state index is 4.14. The first kappa shape index (κ1) is 9.45. The van der Waals surface area contributed by atoms with Crippen molar-refractivity contribution in [2.45, 2.75) is 13.3 Å². The second-order valence-electron chi connectivity index (χ2n) is 2.62. The molecule has 1 rings (SSSR count). The molecule has 1 aromatic heterocycles. The van der Waals surface area contributed by atoms with Crippen molar-refractivity contribution < 1.29 is 0 Å². The molecule has 0 N–H and O–H groups in total. The fourth-order valence-corrected chi connectivity index (χ4v) is 1.28. The summed E-state index contributed by atoms with van der Waals surface area (Å²) in [5.74, 6) is 0.957. The summed E-state index contributed by atoms with van der Waals surface area (Å²) in [4.78, 5) is 10.2. The van der Waals surface area contributed by atoms with Crippen LogP contribution >= 0.6 is 15.9 Å². The highest BCUT2D eigenvalue weighted by atomic mass is 79.9. The molecule has 0 aliphatic carbocycles. The van der Waals surface area contributed by atoms with Crippen molar-refractivity contribution in [2.24, 2.45) is 0 Å². The Kier molecular flexibility index (Phi) is 3.47. The second-order valence-corrected chi connectivity index (χ2v) is 3.43. The van der Waals surface area contributed by atoms with Gasteiger partial charge in [-0.05, 0) is 22.4 Å². The summed E-state index contributed by atoms with van der Waals surface area (Å²) >= 11 is 3.30. The zero-order valence-electron chi connectivity index (χ0n) is 7.29. The van der Waals surface area contributed by atoms with Crippen LogP contribution in [0.4, 0.5) is 5.82 Å². The van der Waals surface area contributed by atoms with Crippen LogP contribution in [0.1, 0.15) is 13.3 Å². The molecule has 0 bridgehead atoms. The zero-order chi connectivity index (χ0) is 8.97. The maximum atomic E-state index is 4.14. The lowest BCUT2D eigenvalue weighted by molar-refractivity contribution is 0.833. The lowest BCUT2D eigenvalue weighted by Gasteiger charge is -2.16. The van der Waals surface area contributed by atoms with Gasteiger partial charge in [-0.25, -0.2) is 9.97 Å². The minimum absolute atomic E-state index is 0.829. The molecule has 66 valence electrons. The number of aromatic nitrogens is 2. The summed E-state index contributed by atoms with van der Waals surface area (Å²) in [6, 6.07) is 1.91. The third-order valence-corrected chi connectivity index (χ3v) is 2.00. The van der Waals surface area contributed by atoms with E-state index in [9.17, 15) is 0 Å². The van der Waals surface area contributed by atoms with Crippen molar-refractivity contribution in [1.82, 2.24) is 9.97 Å². The molecule has 0 saturated carbocycles. The van der Waals surface area contributed by atoms with Crippen molar-refractivity contribution in [3.05, 3.63) is 17.0 Å². The highest BCUT2D eigenvalue weighted by Crippen LogP contribution is 2.12. The standard InChI is InChI=1S/C8H12BrN3/c1-3-4-12(2)8-5-7(9)10-6-11-8/h5-6H,3-4H2,1-2H3. The number of anilines is 1. The summed E-state index contributed by atoms with van der Waals surface area (Å²) in [5.41, 5.74) is 0. The SMILES string of the molecule is CCCN(C)c1cc(Br)ncn1. The zero-order valence-corrected chi connectivity index (χ0v) is 8.87. The molecule has 0 amide bonds. The molecule has 0 saturated heterocycles. The van der Waals surface area contributed by atoms with E-state index in [-0.39, 0.29) is 0 Å². The normalized spacial score (nSPS) is 9.92. The molecule has 0 aromatic carbocycles. The Morgan fingerprint density at radius 1 is 1.50 bits per heavy atom. The third-order valence-electron chi connectivity index (χ3n) is 1.57. The molecular weight excluding hydrogens is 218 g/mol. The molecule has 1 aromatic rings. The predicted molar refractivity (Wildman–Crippen MR) is 53.3 cm³/mol. The van der Waals surface area contributed by atoms with Gasteiger partial charge in [0.2, 0.25) is 0 Å². The van der Waals surface area contributed by atoms with E-state index in [1.807, 2.05) is 13.1 Å². The van der Waals surface area contributed by atoms with E-state index in [1.165, 1.54) is 0 Å². The number of halogens is 1. The Morgan fingerprint density at radius 3 is 2.83 bits per heavy atom. The Labute approximate surface area is 81.0 Å². The minimum atomic E-state index is 0.829. The molecule has 4 heteroatoms. The van der Waals surface area contributed by atoms with E-state index in [2.05, 4.69) is 37.7 Å². The molecule has 0 spiro atoms. The van der Waals surface area contributed by atoms with E-state index in [0.717, 1.165) is 23.4 Å². The molecule has 0 radical (unpaired) electrons. The summed E-state index contributed by atoms with van der Waals surface area (Å²) in [6.45, 7) is 3.16. The van der Waals surface area contributed by atoms with Crippen LogP contribution in [0.5, 0.6) is 0 Å². The Hall–Kier alpha value is -0.640. The molecule has 0 aliphatic heterocycles. The van der Waals surface area contributed by atoms with Gasteiger partial charge in [0.25, 0.3) is 0 Å². The van der Waals surface area contributed by atoms with Gasteiger partial charge in [0.15, 0.2) is 0 Å². The van der Waals surface area contributed by atoms with Gasteiger partial charge in [-0.15, -0.1) is 0 Å². The molecule has 0 atom stereocenters. The Bertz CT molecular complexity index is 252. The lowest BCUT2D eigenvalue weighted by atomic mass is 10.4. The molecule has 0 unspecified atom stereocenters. The van der Waals surface area contributed by atoms with Crippen molar-refractivity contribution >= 4 is 21.7 Å². The third kappa shape index (κ3) is 2.44. The summed E-state index contributed by atoms with van der Waals surface area (Å²) in [5, 5.41) is 0. The number of hydrogen-bond acceptors (Lipinski definition) is 3. The fraction of sp³-hybridized carbons (Fsp3) is 0.500. The van der Waals surface area contributed by atoms with Crippen LogP contribution in [0.3, 0.4) is 0 Å². The Morgan fingerprint density at radius 2 is 2.25 bits per heavy atom. The molecule has 3 nitrogen and oxygen atoms in total. The van der Waals surface area contributed by atoms with Gasteiger partial charge in [0.1, 0.15) is 16.7 Å². The largest absolute Gasteiger partial charge is 0.360 e. The van der Waals surface area contributed by atoms with E-state index >= 15 is 0 Å². The molecule has 0 fully saturated rings. The van der Waals surface area contributed by atoms with Gasteiger partial charge in [-0.1, -0.05) is 6.92 Å². The van der Waals surface area contributed by atoms with Crippen LogP contribution in [-0.4, -0.2) is 23.6 Å². The van der Waals surface area contributed by atoms with E-state index in [4.69, 9.17) is 0 Å². The van der Waals surface area contributed by atoms with Crippen LogP contribution in [0, 0.1) is 0 Å². The molecular formula is C8H12BrN3. The van der Waals surface area contributed by atoms with Crippen LogP contribution in [-0.2, 0) is 0 Å². The van der Waals surface area contributed by atoms with Crippen LogP contribution in [0.25, 0.3) is 0 Å². The van der Waals surface area contributed by atoms with E-state index in [0.29, 0.717) is 0 Å². The van der Waals surface area contributed by atoms with Crippen molar-refractivity contribution in [3.63, 3.8) is 0 Å². The number of hydrogen-bond donors (Lipinski definition) is 0. The average Bonchev–Trinajstić information content (AvgIpc) is 2.05. The maximum Gasteiger partial charge on any atom is 0.132 e. The van der Waals surface area contributed by atoms with Gasteiger partial charge in [-0.2, -0.15) is 0 Å². The van der Waals surface area contributed by atoms with Gasteiger partial charge in [0, 0.05) is 19.7 Å². The van der Waals surface area contributed by atoms with Crippen LogP contribution < -0.4 is 4.90 Å². The van der Waals surface area contributed by atoms with Gasteiger partial charge < -0.3 is 4.90 Å². The second kappa shape index (κ2) is 4.40. The van der Waals surface area contributed by atoms with Gasteiger partial charge >= 0.3 is 0 Å². The first-order valence-corrected chi connectivity index (χ1v) is 4.72. The van der Waals surface area contributed by atoms with E-state index < -0.39 is 0 Å². The summed E-state index contributed by atoms with van der Waals surface area (Å²) in [6.07, 6.45) is 2.68. The molecule has 12 heavy (non-hydrogen) atoms. The van der Waals surface area contributed by atoms with Crippen LogP contribution in [0.2, 0.25) is 0 Å². The average molecular weight is 230 g/mol. The van der Waals surface area contributed by atoms with Crippen molar-refractivity contribution in [3.8, 4) is 0 Å². The highest BCUT2D eigenvalue weighted by molar-refractivity contribution is 9.10. The number of rotatable bonds is 3. The minimum Gasteiger partial charge on any atom is -0.360 e. The first-order chi connectivity index (χ1) is 5.74. The molecule has 1 heterocycles. The highest BCUT2D eigenvalue weighted by Gasteiger charge is 2.00. The monoisotopic (exact) mass is 229 g/mol. The smallest absolute Gasteiger partial charge is 0.132 e. The fourth-order valence-electron chi connectivity index (χ4n) is 0.983.